The van der Waals surface area contributed by atoms with Crippen LogP contribution in [0.3, 0.4) is 0 Å². The Morgan fingerprint density at radius 1 is 1.33 bits per heavy atom. The van der Waals surface area contributed by atoms with E-state index in [0.29, 0.717) is 5.69 Å². The highest BCUT2D eigenvalue weighted by Gasteiger charge is 2.22. The van der Waals surface area contributed by atoms with E-state index in [4.69, 9.17) is 5.14 Å². The zero-order valence-corrected chi connectivity index (χ0v) is 13.1. The van der Waals surface area contributed by atoms with Crippen LogP contribution in [0.4, 0.5) is 5.69 Å². The van der Waals surface area contributed by atoms with Gasteiger partial charge in [-0.2, -0.15) is 0 Å². The van der Waals surface area contributed by atoms with Crippen LogP contribution in [0.15, 0.2) is 17.0 Å². The molecular formula is C14H21N3O3S. The molecule has 0 saturated carbocycles. The highest BCUT2D eigenvalue weighted by Crippen LogP contribution is 2.24. The molecule has 6 nitrogen and oxygen atoms in total. The van der Waals surface area contributed by atoms with Crippen LogP contribution in [0.1, 0.15) is 30.4 Å². The van der Waals surface area contributed by atoms with Crippen molar-refractivity contribution in [3.05, 3.63) is 23.3 Å². The van der Waals surface area contributed by atoms with Crippen molar-refractivity contribution < 1.29 is 13.2 Å². The Balaban J connectivity index is 2.26. The lowest BCUT2D eigenvalue weighted by molar-refractivity contribution is -0.118. The Morgan fingerprint density at radius 2 is 2.05 bits per heavy atom. The summed E-state index contributed by atoms with van der Waals surface area (Å²) in [5, 5.41) is 11.1. The molecule has 1 amide bonds. The van der Waals surface area contributed by atoms with Gasteiger partial charge in [0.1, 0.15) is 0 Å². The summed E-state index contributed by atoms with van der Waals surface area (Å²) >= 11 is 0. The lowest BCUT2D eigenvalue weighted by Gasteiger charge is -2.23. The Morgan fingerprint density at radius 3 is 2.62 bits per heavy atom. The van der Waals surface area contributed by atoms with Crippen molar-refractivity contribution in [2.75, 3.05) is 11.9 Å². The quantitative estimate of drug-likeness (QED) is 0.776. The predicted octanol–water partition coefficient (Wildman–Crippen LogP) is 1.03. The molecule has 1 aromatic carbocycles. The molecule has 1 fully saturated rings. The van der Waals surface area contributed by atoms with Gasteiger partial charge in [-0.15, -0.1) is 0 Å². The molecule has 0 unspecified atom stereocenters. The summed E-state index contributed by atoms with van der Waals surface area (Å²) in [7, 11) is -3.79. The predicted molar refractivity (Wildman–Crippen MR) is 81.6 cm³/mol. The van der Waals surface area contributed by atoms with Crippen molar-refractivity contribution in [3.8, 4) is 0 Å². The van der Waals surface area contributed by atoms with Crippen LogP contribution in [-0.2, 0) is 14.8 Å². The van der Waals surface area contributed by atoms with Gasteiger partial charge in [-0.3, -0.25) is 4.79 Å². The number of hydrogen-bond donors (Lipinski definition) is 3. The third-order valence-corrected chi connectivity index (χ3v) is 4.75. The van der Waals surface area contributed by atoms with Crippen molar-refractivity contribution in [2.45, 2.75) is 44.0 Å². The number of hydrogen-bond acceptors (Lipinski definition) is 4. The minimum atomic E-state index is -3.79. The van der Waals surface area contributed by atoms with Crippen LogP contribution in [-0.4, -0.2) is 26.9 Å². The normalized spacial score (nSPS) is 19.3. The highest BCUT2D eigenvalue weighted by molar-refractivity contribution is 7.89. The number of carbonyl (C=O) groups excluding carboxylic acids is 1. The molecule has 2 rings (SSSR count). The molecule has 4 N–H and O–H groups in total. The SMILES string of the molecule is Cc1cc(S(N)(=O)=O)cc(NC(=O)[C@@H]2CCCCN2)c1C. The fraction of sp³-hybridized carbons (Fsp3) is 0.500. The van der Waals surface area contributed by atoms with Gasteiger partial charge in [0.25, 0.3) is 0 Å². The minimum Gasteiger partial charge on any atom is -0.324 e. The van der Waals surface area contributed by atoms with E-state index in [1.807, 2.05) is 6.92 Å². The lowest BCUT2D eigenvalue weighted by atomic mass is 10.0. The molecule has 0 bridgehead atoms. The number of benzene rings is 1. The van der Waals surface area contributed by atoms with E-state index in [0.717, 1.165) is 36.9 Å². The van der Waals surface area contributed by atoms with Crippen molar-refractivity contribution >= 4 is 21.6 Å². The van der Waals surface area contributed by atoms with Gasteiger partial charge in [0.05, 0.1) is 10.9 Å². The average molecular weight is 311 g/mol. The number of aryl methyl sites for hydroxylation is 1. The molecule has 21 heavy (non-hydrogen) atoms. The highest BCUT2D eigenvalue weighted by atomic mass is 32.2. The van der Waals surface area contributed by atoms with Gasteiger partial charge in [-0.1, -0.05) is 6.42 Å². The van der Waals surface area contributed by atoms with Crippen LogP contribution in [0, 0.1) is 13.8 Å². The number of sulfonamides is 1. The Bertz CT molecular complexity index is 650. The molecule has 1 aliphatic rings. The van der Waals surface area contributed by atoms with E-state index in [1.54, 1.807) is 6.92 Å². The minimum absolute atomic E-state index is 0.0116. The van der Waals surface area contributed by atoms with E-state index >= 15 is 0 Å². The summed E-state index contributed by atoms with van der Waals surface area (Å²) in [5.41, 5.74) is 2.11. The van der Waals surface area contributed by atoms with E-state index in [1.165, 1.54) is 12.1 Å². The first-order chi connectivity index (χ1) is 9.79. The Labute approximate surface area is 125 Å². The van der Waals surface area contributed by atoms with Crippen LogP contribution in [0.2, 0.25) is 0 Å². The number of anilines is 1. The molecule has 0 aliphatic carbocycles. The molecule has 7 heteroatoms. The standard InChI is InChI=1S/C14H21N3O3S/c1-9-7-11(21(15,19)20)8-13(10(9)2)17-14(18)12-5-3-4-6-16-12/h7-8,12,16H,3-6H2,1-2H3,(H,17,18)(H2,15,19,20)/t12-/m0/s1. The maximum atomic E-state index is 12.2. The van der Waals surface area contributed by atoms with Crippen molar-refractivity contribution in [2.24, 2.45) is 5.14 Å². The van der Waals surface area contributed by atoms with Gasteiger partial charge in [0.2, 0.25) is 15.9 Å². The number of piperidine rings is 1. The molecule has 1 aromatic rings. The van der Waals surface area contributed by atoms with E-state index in [9.17, 15) is 13.2 Å². The first-order valence-electron chi connectivity index (χ1n) is 6.97. The Hall–Kier alpha value is -1.44. The van der Waals surface area contributed by atoms with Crippen LogP contribution in [0.5, 0.6) is 0 Å². The van der Waals surface area contributed by atoms with Gasteiger partial charge in [-0.05, 0) is 56.5 Å². The smallest absolute Gasteiger partial charge is 0.241 e. The maximum absolute atomic E-state index is 12.2. The number of rotatable bonds is 3. The zero-order chi connectivity index (χ0) is 15.6. The average Bonchev–Trinajstić information content (AvgIpc) is 2.43. The first kappa shape index (κ1) is 15.9. The Kier molecular flexibility index (Phi) is 4.65. The summed E-state index contributed by atoms with van der Waals surface area (Å²) in [6.07, 6.45) is 2.88. The fourth-order valence-corrected chi connectivity index (χ4v) is 3.04. The second kappa shape index (κ2) is 6.13. The number of primary sulfonamides is 1. The fourth-order valence-electron chi connectivity index (χ4n) is 2.42. The molecule has 1 atom stereocenters. The first-order valence-corrected chi connectivity index (χ1v) is 8.52. The van der Waals surface area contributed by atoms with Gasteiger partial charge < -0.3 is 10.6 Å². The summed E-state index contributed by atoms with van der Waals surface area (Å²) in [4.78, 5) is 12.2. The largest absolute Gasteiger partial charge is 0.324 e. The molecule has 0 radical (unpaired) electrons. The van der Waals surface area contributed by atoms with E-state index in [-0.39, 0.29) is 16.8 Å². The zero-order valence-electron chi connectivity index (χ0n) is 12.3. The van der Waals surface area contributed by atoms with Gasteiger partial charge in [-0.25, -0.2) is 13.6 Å². The third-order valence-electron chi connectivity index (χ3n) is 3.85. The van der Waals surface area contributed by atoms with E-state index < -0.39 is 10.0 Å². The molecule has 116 valence electrons. The number of nitrogens with one attached hydrogen (secondary N) is 2. The number of nitrogens with two attached hydrogens (primary N) is 1. The van der Waals surface area contributed by atoms with Crippen LogP contribution >= 0.6 is 0 Å². The monoisotopic (exact) mass is 311 g/mol. The van der Waals surface area contributed by atoms with Crippen molar-refractivity contribution in [1.82, 2.24) is 5.32 Å². The molecule has 0 aromatic heterocycles. The van der Waals surface area contributed by atoms with E-state index in [2.05, 4.69) is 10.6 Å². The van der Waals surface area contributed by atoms with Gasteiger partial charge in [0.15, 0.2) is 0 Å². The van der Waals surface area contributed by atoms with Gasteiger partial charge in [0, 0.05) is 5.69 Å². The summed E-state index contributed by atoms with van der Waals surface area (Å²) in [5.74, 6) is -0.135. The third kappa shape index (κ3) is 3.81. The summed E-state index contributed by atoms with van der Waals surface area (Å²) in [6, 6.07) is 2.70. The number of amides is 1. The molecule has 1 aliphatic heterocycles. The summed E-state index contributed by atoms with van der Waals surface area (Å²) < 4.78 is 23.0. The second-order valence-electron chi connectivity index (χ2n) is 5.45. The number of carbonyl (C=O) groups is 1. The molecule has 0 spiro atoms. The van der Waals surface area contributed by atoms with Crippen LogP contribution < -0.4 is 15.8 Å². The topological polar surface area (TPSA) is 101 Å². The van der Waals surface area contributed by atoms with Crippen LogP contribution in [0.25, 0.3) is 0 Å². The molecule has 1 heterocycles. The van der Waals surface area contributed by atoms with Crippen molar-refractivity contribution in [3.63, 3.8) is 0 Å². The molecular weight excluding hydrogens is 290 g/mol. The van der Waals surface area contributed by atoms with Gasteiger partial charge >= 0.3 is 0 Å². The second-order valence-corrected chi connectivity index (χ2v) is 7.01. The molecule has 1 saturated heterocycles. The summed E-state index contributed by atoms with van der Waals surface area (Å²) in [6.45, 7) is 4.46. The maximum Gasteiger partial charge on any atom is 0.241 e. The lowest BCUT2D eigenvalue weighted by Crippen LogP contribution is -2.43. The van der Waals surface area contributed by atoms with Crippen molar-refractivity contribution in [1.29, 1.82) is 0 Å².